The lowest BCUT2D eigenvalue weighted by Gasteiger charge is -2.27. The fourth-order valence-electron chi connectivity index (χ4n) is 4.12. The van der Waals surface area contributed by atoms with Crippen LogP contribution in [0, 0.1) is 6.92 Å². The summed E-state index contributed by atoms with van der Waals surface area (Å²) in [6.45, 7) is 1.89. The molecule has 0 bridgehead atoms. The SMILES string of the molecule is COc1ccc(NC2(C(=O)O)Cc3ccccc3C2)cc1C(=O)c1ccccc1C. The summed E-state index contributed by atoms with van der Waals surface area (Å²) in [5.41, 5.74) is 3.33. The van der Waals surface area contributed by atoms with Gasteiger partial charge in [0.25, 0.3) is 0 Å². The molecule has 0 aliphatic heterocycles. The smallest absolute Gasteiger partial charge is 0.330 e. The first-order chi connectivity index (χ1) is 14.4. The van der Waals surface area contributed by atoms with Crippen LogP contribution in [0.4, 0.5) is 5.69 Å². The minimum Gasteiger partial charge on any atom is -0.496 e. The molecule has 0 aromatic heterocycles. The van der Waals surface area contributed by atoms with Crippen molar-refractivity contribution in [2.75, 3.05) is 12.4 Å². The summed E-state index contributed by atoms with van der Waals surface area (Å²) in [6.07, 6.45) is 0.761. The first-order valence-corrected chi connectivity index (χ1v) is 9.80. The largest absolute Gasteiger partial charge is 0.496 e. The average Bonchev–Trinajstić information content (AvgIpc) is 3.13. The minimum atomic E-state index is -1.15. The number of carbonyl (C=O) groups excluding carboxylic acids is 1. The molecule has 0 unspecified atom stereocenters. The second kappa shape index (κ2) is 7.67. The van der Waals surface area contributed by atoms with Gasteiger partial charge in [0.2, 0.25) is 0 Å². The molecule has 3 aromatic rings. The number of anilines is 1. The van der Waals surface area contributed by atoms with Gasteiger partial charge in [0, 0.05) is 24.1 Å². The fourth-order valence-corrected chi connectivity index (χ4v) is 4.12. The van der Waals surface area contributed by atoms with Crippen LogP contribution in [-0.2, 0) is 17.6 Å². The number of aliphatic carboxylic acids is 1. The van der Waals surface area contributed by atoms with Crippen molar-refractivity contribution in [3.63, 3.8) is 0 Å². The molecule has 0 fully saturated rings. The zero-order valence-corrected chi connectivity index (χ0v) is 16.9. The van der Waals surface area contributed by atoms with E-state index in [1.54, 1.807) is 24.3 Å². The van der Waals surface area contributed by atoms with Gasteiger partial charge in [-0.2, -0.15) is 0 Å². The number of hydrogen-bond acceptors (Lipinski definition) is 4. The molecular weight excluding hydrogens is 378 g/mol. The standard InChI is InChI=1S/C25H23NO4/c1-16-7-3-6-10-20(16)23(27)21-13-19(11-12-22(21)30-2)26-25(24(28)29)14-17-8-4-5-9-18(17)15-25/h3-13,26H,14-15H2,1-2H3,(H,28,29). The van der Waals surface area contributed by atoms with Gasteiger partial charge in [-0.3, -0.25) is 4.79 Å². The predicted molar refractivity (Wildman–Crippen MR) is 115 cm³/mol. The number of carboxylic acid groups (broad SMARTS) is 1. The van der Waals surface area contributed by atoms with Crippen molar-refractivity contribution in [3.05, 3.63) is 94.5 Å². The van der Waals surface area contributed by atoms with E-state index < -0.39 is 11.5 Å². The molecule has 0 spiro atoms. The van der Waals surface area contributed by atoms with Crippen LogP contribution >= 0.6 is 0 Å². The van der Waals surface area contributed by atoms with Gasteiger partial charge in [0.05, 0.1) is 12.7 Å². The maximum Gasteiger partial charge on any atom is 0.330 e. The summed E-state index contributed by atoms with van der Waals surface area (Å²) in [6, 6.07) is 20.3. The summed E-state index contributed by atoms with van der Waals surface area (Å²) < 4.78 is 5.41. The number of hydrogen-bond donors (Lipinski definition) is 2. The Labute approximate surface area is 175 Å². The normalized spacial score (nSPS) is 14.1. The summed E-state index contributed by atoms with van der Waals surface area (Å²) in [4.78, 5) is 25.5. The van der Waals surface area contributed by atoms with Gasteiger partial charge >= 0.3 is 5.97 Å². The van der Waals surface area contributed by atoms with Crippen molar-refractivity contribution >= 4 is 17.4 Å². The van der Waals surface area contributed by atoms with Crippen LogP contribution < -0.4 is 10.1 Å². The molecule has 0 saturated heterocycles. The lowest BCUT2D eigenvalue weighted by atomic mass is 9.94. The number of carboxylic acids is 1. The lowest BCUT2D eigenvalue weighted by molar-refractivity contribution is -0.142. The van der Waals surface area contributed by atoms with Crippen LogP contribution in [0.15, 0.2) is 66.7 Å². The molecule has 0 amide bonds. The van der Waals surface area contributed by atoms with Crippen molar-refractivity contribution < 1.29 is 19.4 Å². The number of fused-ring (bicyclic) bond motifs is 1. The number of benzene rings is 3. The molecule has 1 aliphatic carbocycles. The molecule has 5 heteroatoms. The Morgan fingerprint density at radius 1 is 0.933 bits per heavy atom. The van der Waals surface area contributed by atoms with Crippen molar-refractivity contribution in [1.29, 1.82) is 0 Å². The number of methoxy groups -OCH3 is 1. The van der Waals surface area contributed by atoms with Gasteiger partial charge in [-0.25, -0.2) is 4.79 Å². The third-order valence-electron chi connectivity index (χ3n) is 5.73. The van der Waals surface area contributed by atoms with Gasteiger partial charge < -0.3 is 15.2 Å². The van der Waals surface area contributed by atoms with Crippen LogP contribution in [0.2, 0.25) is 0 Å². The summed E-state index contributed by atoms with van der Waals surface area (Å²) in [7, 11) is 1.52. The Morgan fingerprint density at radius 3 is 2.17 bits per heavy atom. The Hall–Kier alpha value is -3.60. The zero-order valence-electron chi connectivity index (χ0n) is 16.9. The molecule has 30 heavy (non-hydrogen) atoms. The van der Waals surface area contributed by atoms with E-state index in [4.69, 9.17) is 4.74 Å². The number of ether oxygens (including phenoxy) is 1. The van der Waals surface area contributed by atoms with Gasteiger partial charge in [0.1, 0.15) is 11.3 Å². The van der Waals surface area contributed by atoms with E-state index in [1.807, 2.05) is 49.4 Å². The molecule has 0 saturated carbocycles. The molecule has 0 radical (unpaired) electrons. The third kappa shape index (κ3) is 3.43. The highest BCUT2D eigenvalue weighted by atomic mass is 16.5. The molecule has 0 atom stereocenters. The Kier molecular flexibility index (Phi) is 5.04. The summed E-state index contributed by atoms with van der Waals surface area (Å²) >= 11 is 0. The third-order valence-corrected chi connectivity index (χ3v) is 5.73. The number of ketones is 1. The lowest BCUT2D eigenvalue weighted by Crippen LogP contribution is -2.47. The number of rotatable bonds is 6. The molecule has 1 aliphatic rings. The highest BCUT2D eigenvalue weighted by molar-refractivity contribution is 6.12. The number of aryl methyl sites for hydroxylation is 1. The monoisotopic (exact) mass is 401 g/mol. The molecule has 4 rings (SSSR count). The van der Waals surface area contributed by atoms with E-state index in [1.165, 1.54) is 7.11 Å². The molecule has 3 aromatic carbocycles. The topological polar surface area (TPSA) is 75.6 Å². The highest BCUT2D eigenvalue weighted by Gasteiger charge is 2.44. The molecule has 2 N–H and O–H groups in total. The van der Waals surface area contributed by atoms with Crippen LogP contribution in [0.1, 0.15) is 32.6 Å². The Balaban J connectivity index is 1.71. The van der Waals surface area contributed by atoms with Gasteiger partial charge in [-0.05, 0) is 41.8 Å². The Morgan fingerprint density at radius 2 is 1.57 bits per heavy atom. The summed E-state index contributed by atoms with van der Waals surface area (Å²) in [5, 5.41) is 13.2. The minimum absolute atomic E-state index is 0.160. The van der Waals surface area contributed by atoms with Crippen molar-refractivity contribution in [3.8, 4) is 5.75 Å². The van der Waals surface area contributed by atoms with E-state index in [0.717, 1.165) is 16.7 Å². The van der Waals surface area contributed by atoms with Crippen LogP contribution in [-0.4, -0.2) is 29.5 Å². The first kappa shape index (κ1) is 19.7. The van der Waals surface area contributed by atoms with Crippen molar-refractivity contribution in [2.45, 2.75) is 25.3 Å². The zero-order chi connectivity index (χ0) is 21.3. The maximum atomic E-state index is 13.2. The Bertz CT molecular complexity index is 1110. The quantitative estimate of drug-likeness (QED) is 0.604. The summed E-state index contributed by atoms with van der Waals surface area (Å²) in [5.74, 6) is -0.623. The van der Waals surface area contributed by atoms with E-state index in [0.29, 0.717) is 35.4 Å². The molecular formula is C25H23NO4. The average molecular weight is 401 g/mol. The van der Waals surface area contributed by atoms with E-state index in [-0.39, 0.29) is 5.78 Å². The fraction of sp³-hybridized carbons (Fsp3) is 0.200. The van der Waals surface area contributed by atoms with Crippen LogP contribution in [0.5, 0.6) is 5.75 Å². The number of nitrogens with one attached hydrogen (secondary N) is 1. The molecule has 152 valence electrons. The van der Waals surface area contributed by atoms with E-state index in [9.17, 15) is 14.7 Å². The second-order valence-corrected chi connectivity index (χ2v) is 7.69. The van der Waals surface area contributed by atoms with Crippen molar-refractivity contribution in [1.82, 2.24) is 0 Å². The predicted octanol–water partition coefficient (Wildman–Crippen LogP) is 4.27. The maximum absolute atomic E-state index is 13.2. The van der Waals surface area contributed by atoms with Crippen LogP contribution in [0.25, 0.3) is 0 Å². The second-order valence-electron chi connectivity index (χ2n) is 7.69. The van der Waals surface area contributed by atoms with E-state index in [2.05, 4.69) is 5.32 Å². The van der Waals surface area contributed by atoms with Gasteiger partial charge in [-0.15, -0.1) is 0 Å². The molecule has 5 nitrogen and oxygen atoms in total. The number of carbonyl (C=O) groups is 2. The molecule has 0 heterocycles. The highest BCUT2D eigenvalue weighted by Crippen LogP contribution is 2.35. The first-order valence-electron chi connectivity index (χ1n) is 9.80. The van der Waals surface area contributed by atoms with Crippen LogP contribution in [0.3, 0.4) is 0 Å². The van der Waals surface area contributed by atoms with Gasteiger partial charge in [-0.1, -0.05) is 48.5 Å². The van der Waals surface area contributed by atoms with E-state index >= 15 is 0 Å². The van der Waals surface area contributed by atoms with Crippen molar-refractivity contribution in [2.24, 2.45) is 0 Å². The van der Waals surface area contributed by atoms with Gasteiger partial charge in [0.15, 0.2) is 5.78 Å².